The second kappa shape index (κ2) is 10.7. The molecule has 1 atom stereocenters. The summed E-state index contributed by atoms with van der Waals surface area (Å²) in [6, 6.07) is 50.7. The molecule has 218 valence electrons. The second-order valence-electron chi connectivity index (χ2n) is 12.4. The molecule has 2 nitrogen and oxygen atoms in total. The van der Waals surface area contributed by atoms with Crippen LogP contribution >= 0.6 is 0 Å². The fourth-order valence-corrected chi connectivity index (χ4v) is 7.24. The Bertz CT molecular complexity index is 2450. The molecular weight excluding hydrogens is 556 g/mol. The summed E-state index contributed by atoms with van der Waals surface area (Å²) in [5.41, 5.74) is 9.43. The van der Waals surface area contributed by atoms with Crippen molar-refractivity contribution in [3.8, 4) is 33.6 Å². The number of nitrogens with zero attached hydrogens (tertiary/aromatic N) is 2. The van der Waals surface area contributed by atoms with Crippen molar-refractivity contribution < 1.29 is 0 Å². The summed E-state index contributed by atoms with van der Waals surface area (Å²) in [4.78, 5) is 5.13. The van der Waals surface area contributed by atoms with E-state index >= 15 is 0 Å². The van der Waals surface area contributed by atoms with Gasteiger partial charge in [0.05, 0.1) is 11.0 Å². The molecule has 0 N–H and O–H groups in total. The van der Waals surface area contributed by atoms with Crippen molar-refractivity contribution in [2.45, 2.75) is 13.3 Å². The van der Waals surface area contributed by atoms with Crippen molar-refractivity contribution >= 4 is 49.0 Å². The molecule has 1 aromatic heterocycles. The smallest absolute Gasteiger partial charge is 0.145 e. The molecule has 7 aromatic carbocycles. The highest BCUT2D eigenvalue weighted by atomic mass is 15.1. The summed E-state index contributed by atoms with van der Waals surface area (Å²) in [6.45, 7) is 2.26. The highest BCUT2D eigenvalue weighted by molar-refractivity contribution is 6.21. The van der Waals surface area contributed by atoms with Gasteiger partial charge >= 0.3 is 0 Å². The van der Waals surface area contributed by atoms with Gasteiger partial charge in [-0.3, -0.25) is 4.57 Å². The van der Waals surface area contributed by atoms with Crippen LogP contribution in [-0.4, -0.2) is 9.55 Å². The van der Waals surface area contributed by atoms with Gasteiger partial charge in [-0.15, -0.1) is 0 Å². The molecule has 0 amide bonds. The van der Waals surface area contributed by atoms with Gasteiger partial charge in [0.25, 0.3) is 0 Å². The maximum Gasteiger partial charge on any atom is 0.145 e. The van der Waals surface area contributed by atoms with Crippen molar-refractivity contribution in [3.05, 3.63) is 158 Å². The van der Waals surface area contributed by atoms with Crippen molar-refractivity contribution in [1.82, 2.24) is 9.55 Å². The van der Waals surface area contributed by atoms with Crippen LogP contribution in [0.4, 0.5) is 0 Å². The molecule has 0 unspecified atom stereocenters. The third kappa shape index (κ3) is 4.29. The van der Waals surface area contributed by atoms with Gasteiger partial charge < -0.3 is 0 Å². The SMILES string of the molecule is C[C@@H]1C=CC(n2c(-c3ccc(-c4c5ccccc5c(-c5ccc6ccccc6c5)c5ccccc45)cc3)nc3ccccc32)=CC1. The minimum atomic E-state index is 0.554. The molecule has 0 radical (unpaired) electrons. The Labute approximate surface area is 268 Å². The van der Waals surface area contributed by atoms with Crippen LogP contribution < -0.4 is 0 Å². The first-order valence-corrected chi connectivity index (χ1v) is 16.1. The average Bonchev–Trinajstić information content (AvgIpc) is 3.50. The summed E-state index contributed by atoms with van der Waals surface area (Å²) in [5, 5.41) is 7.57. The van der Waals surface area contributed by atoms with E-state index in [-0.39, 0.29) is 0 Å². The number of para-hydroxylation sites is 2. The van der Waals surface area contributed by atoms with Crippen molar-refractivity contribution in [3.63, 3.8) is 0 Å². The zero-order valence-electron chi connectivity index (χ0n) is 25.7. The largest absolute Gasteiger partial charge is 0.293 e. The number of rotatable bonds is 4. The Hall–Kier alpha value is -5.73. The maximum atomic E-state index is 5.13. The van der Waals surface area contributed by atoms with E-state index in [0.29, 0.717) is 5.92 Å². The van der Waals surface area contributed by atoms with Gasteiger partial charge in [0.2, 0.25) is 0 Å². The van der Waals surface area contributed by atoms with Crippen molar-refractivity contribution in [1.29, 1.82) is 0 Å². The van der Waals surface area contributed by atoms with E-state index in [1.807, 2.05) is 0 Å². The van der Waals surface area contributed by atoms with Crippen molar-refractivity contribution in [2.24, 2.45) is 5.92 Å². The summed E-state index contributed by atoms with van der Waals surface area (Å²) in [6.07, 6.45) is 7.92. The molecule has 0 aliphatic heterocycles. The van der Waals surface area contributed by atoms with Crippen LogP contribution in [0.5, 0.6) is 0 Å². The number of hydrogen-bond acceptors (Lipinski definition) is 1. The first kappa shape index (κ1) is 26.7. The summed E-state index contributed by atoms with van der Waals surface area (Å²) < 4.78 is 2.32. The molecule has 0 saturated heterocycles. The minimum Gasteiger partial charge on any atom is -0.293 e. The Morgan fingerprint density at radius 1 is 0.565 bits per heavy atom. The minimum absolute atomic E-state index is 0.554. The van der Waals surface area contributed by atoms with Crippen LogP contribution in [0.2, 0.25) is 0 Å². The molecule has 9 rings (SSSR count). The lowest BCUT2D eigenvalue weighted by Crippen LogP contribution is -2.03. The molecule has 0 fully saturated rings. The predicted molar refractivity (Wildman–Crippen MR) is 196 cm³/mol. The Morgan fingerprint density at radius 2 is 1.13 bits per heavy atom. The third-order valence-electron chi connectivity index (χ3n) is 9.51. The van der Waals surface area contributed by atoms with Gasteiger partial charge in [-0.2, -0.15) is 0 Å². The van der Waals surface area contributed by atoms with Gasteiger partial charge in [0.1, 0.15) is 5.82 Å². The lowest BCUT2D eigenvalue weighted by molar-refractivity contribution is 0.735. The summed E-state index contributed by atoms with van der Waals surface area (Å²) in [7, 11) is 0. The number of benzene rings is 7. The third-order valence-corrected chi connectivity index (χ3v) is 9.51. The first-order valence-electron chi connectivity index (χ1n) is 16.1. The standard InChI is InChI=1S/C44H32N2/c1-29-18-26-35(27-19-29)46-41-17-9-8-16-40(41)45-44(46)32-23-21-31(22-24-32)42-36-12-4-6-14-38(36)43(39-15-7-5-13-37(39)42)34-25-20-30-10-2-3-11-33(30)28-34/h2-18,20-29H,19H2,1H3/t29-/m1/s1. The van der Waals surface area contributed by atoms with Gasteiger partial charge in [-0.25, -0.2) is 4.98 Å². The van der Waals surface area contributed by atoms with Gasteiger partial charge in [0.15, 0.2) is 0 Å². The van der Waals surface area contributed by atoms with E-state index in [4.69, 9.17) is 4.98 Å². The topological polar surface area (TPSA) is 17.8 Å². The van der Waals surface area contributed by atoms with E-state index < -0.39 is 0 Å². The lowest BCUT2D eigenvalue weighted by Gasteiger charge is -2.18. The van der Waals surface area contributed by atoms with E-state index in [1.54, 1.807) is 0 Å². The van der Waals surface area contributed by atoms with E-state index in [1.165, 1.54) is 60.3 Å². The molecule has 1 aliphatic carbocycles. The Kier molecular flexibility index (Phi) is 6.21. The molecular formula is C44H32N2. The number of aromatic nitrogens is 2. The highest BCUT2D eigenvalue weighted by Gasteiger charge is 2.19. The van der Waals surface area contributed by atoms with Crippen LogP contribution in [0.15, 0.2) is 158 Å². The van der Waals surface area contributed by atoms with Crippen LogP contribution in [0, 0.1) is 5.92 Å². The lowest BCUT2D eigenvalue weighted by atomic mass is 9.85. The van der Waals surface area contributed by atoms with E-state index in [0.717, 1.165) is 28.8 Å². The number of fused-ring (bicyclic) bond motifs is 4. The van der Waals surface area contributed by atoms with Gasteiger partial charge in [0, 0.05) is 11.3 Å². The van der Waals surface area contributed by atoms with Gasteiger partial charge in [-0.05, 0) is 91.2 Å². The predicted octanol–water partition coefficient (Wildman–Crippen LogP) is 11.9. The van der Waals surface area contributed by atoms with Crippen LogP contribution in [0.25, 0.3) is 82.7 Å². The molecule has 8 aromatic rings. The van der Waals surface area contributed by atoms with Crippen molar-refractivity contribution in [2.75, 3.05) is 0 Å². The quantitative estimate of drug-likeness (QED) is 0.187. The molecule has 46 heavy (non-hydrogen) atoms. The van der Waals surface area contributed by atoms with Crippen LogP contribution in [0.1, 0.15) is 13.3 Å². The first-order chi connectivity index (χ1) is 22.7. The molecule has 0 bridgehead atoms. The summed E-state index contributed by atoms with van der Waals surface area (Å²) >= 11 is 0. The van der Waals surface area contributed by atoms with Gasteiger partial charge in [-0.1, -0.05) is 140 Å². The Balaban J connectivity index is 1.23. The molecule has 0 spiro atoms. The highest BCUT2D eigenvalue weighted by Crippen LogP contribution is 2.44. The molecule has 1 heterocycles. The Morgan fingerprint density at radius 3 is 1.80 bits per heavy atom. The van der Waals surface area contributed by atoms with Crippen LogP contribution in [-0.2, 0) is 0 Å². The molecule has 0 saturated carbocycles. The molecule has 2 heteroatoms. The normalized spacial score (nSPS) is 14.8. The zero-order chi connectivity index (χ0) is 30.6. The van der Waals surface area contributed by atoms with E-state index in [2.05, 4.69) is 169 Å². The maximum absolute atomic E-state index is 5.13. The fraction of sp³-hybridized carbons (Fsp3) is 0.0682. The second-order valence-corrected chi connectivity index (χ2v) is 12.4. The monoisotopic (exact) mass is 588 g/mol. The average molecular weight is 589 g/mol. The zero-order valence-corrected chi connectivity index (χ0v) is 25.7. The number of hydrogen-bond donors (Lipinski definition) is 0. The van der Waals surface area contributed by atoms with E-state index in [9.17, 15) is 0 Å². The number of allylic oxidation sites excluding steroid dienone is 4. The number of imidazole rings is 1. The molecule has 1 aliphatic rings. The van der Waals surface area contributed by atoms with Crippen LogP contribution in [0.3, 0.4) is 0 Å². The summed E-state index contributed by atoms with van der Waals surface area (Å²) in [5.74, 6) is 1.53. The fourth-order valence-electron chi connectivity index (χ4n) is 7.24.